The Kier molecular flexibility index (Phi) is 19.1. The van der Waals surface area contributed by atoms with Gasteiger partial charge in [-0.25, -0.2) is 0 Å². The molecular weight excluding hydrogens is 464 g/mol. The van der Waals surface area contributed by atoms with Crippen LogP contribution in [0.25, 0.3) is 0 Å². The van der Waals surface area contributed by atoms with Crippen molar-refractivity contribution in [2.45, 2.75) is 114 Å². The van der Waals surface area contributed by atoms with E-state index in [1.807, 2.05) is 0 Å². The number of rotatable bonds is 21. The molecule has 226 valence electrons. The van der Waals surface area contributed by atoms with Crippen LogP contribution in [-0.2, 0) is 4.74 Å². The summed E-state index contributed by atoms with van der Waals surface area (Å²) in [6.07, 6.45) is 11.7. The second-order valence-corrected chi connectivity index (χ2v) is 13.9. The van der Waals surface area contributed by atoms with E-state index >= 15 is 0 Å². The number of hydrogen-bond acceptors (Lipinski definition) is 3. The third kappa shape index (κ3) is 13.6. The lowest BCUT2D eigenvalue weighted by Crippen LogP contribution is -2.44. The Morgan fingerprint density at radius 3 is 1.89 bits per heavy atom. The van der Waals surface area contributed by atoms with Crippen LogP contribution in [0.5, 0.6) is 0 Å². The van der Waals surface area contributed by atoms with Crippen LogP contribution in [0.15, 0.2) is 24.8 Å². The van der Waals surface area contributed by atoms with Crippen molar-refractivity contribution in [3.8, 4) is 0 Å². The van der Waals surface area contributed by atoms with E-state index in [-0.39, 0.29) is 12.1 Å². The molecule has 0 fully saturated rings. The molecule has 0 heterocycles. The highest BCUT2D eigenvalue weighted by Crippen LogP contribution is 2.35. The van der Waals surface area contributed by atoms with Crippen LogP contribution in [0.3, 0.4) is 0 Å². The van der Waals surface area contributed by atoms with Crippen LogP contribution in [-0.4, -0.2) is 44.3 Å². The summed E-state index contributed by atoms with van der Waals surface area (Å²) in [5.74, 6) is 6.02. The van der Waals surface area contributed by atoms with Gasteiger partial charge in [-0.3, -0.25) is 0 Å². The summed E-state index contributed by atoms with van der Waals surface area (Å²) in [6.45, 7) is 31.8. The first-order valence-corrected chi connectivity index (χ1v) is 15.9. The Labute approximate surface area is 240 Å². The van der Waals surface area contributed by atoms with Crippen LogP contribution in [0.2, 0.25) is 0 Å². The first-order chi connectivity index (χ1) is 17.6. The second-order valence-electron chi connectivity index (χ2n) is 13.9. The summed E-state index contributed by atoms with van der Waals surface area (Å²) in [6, 6.07) is 0.149. The summed E-state index contributed by atoms with van der Waals surface area (Å²) < 4.78 is 6.31. The highest BCUT2D eigenvalue weighted by molar-refractivity contribution is 4.92. The Hall–Kier alpha value is -0.640. The summed E-state index contributed by atoms with van der Waals surface area (Å²) in [7, 11) is 4.26. The molecule has 0 spiro atoms. The molecule has 11 unspecified atom stereocenters. The lowest BCUT2D eigenvalue weighted by atomic mass is 9.72. The largest absolute Gasteiger partial charge is 0.378 e. The van der Waals surface area contributed by atoms with Gasteiger partial charge < -0.3 is 15.4 Å². The van der Waals surface area contributed by atoms with E-state index in [0.29, 0.717) is 59.2 Å². The molecule has 0 aromatic carbocycles. The zero-order chi connectivity index (χ0) is 29.6. The molecule has 0 aromatic heterocycles. The molecule has 0 aromatic rings. The molecule has 0 saturated heterocycles. The summed E-state index contributed by atoms with van der Waals surface area (Å²) in [5, 5.41) is 0. The van der Waals surface area contributed by atoms with Crippen molar-refractivity contribution < 1.29 is 4.74 Å². The van der Waals surface area contributed by atoms with Gasteiger partial charge in [-0.2, -0.15) is 0 Å². The Morgan fingerprint density at radius 2 is 1.37 bits per heavy atom. The molecule has 3 heteroatoms. The zero-order valence-corrected chi connectivity index (χ0v) is 28.0. The number of likely N-dealkylation sites (N-methyl/N-ethyl adjacent to an activating group) is 1. The fourth-order valence-electron chi connectivity index (χ4n) is 5.72. The van der Waals surface area contributed by atoms with Crippen molar-refractivity contribution in [1.29, 1.82) is 0 Å². The van der Waals surface area contributed by atoms with E-state index in [9.17, 15) is 0 Å². The lowest BCUT2D eigenvalue weighted by Gasteiger charge is -2.37. The number of nitrogens with zero attached hydrogens (tertiary/aromatic N) is 1. The zero-order valence-electron chi connectivity index (χ0n) is 28.0. The Morgan fingerprint density at radius 1 is 0.763 bits per heavy atom. The monoisotopic (exact) mass is 535 g/mol. The third-order valence-corrected chi connectivity index (χ3v) is 10.4. The molecule has 0 bridgehead atoms. The van der Waals surface area contributed by atoms with E-state index in [4.69, 9.17) is 10.5 Å². The number of hydrogen-bond donors (Lipinski definition) is 1. The standard InChI is InChI=1S/C35H70N2O/c1-15-18-27(6)34(35(36)32(11)33(12)38-23-28(7)24(2)3)21-16-19-25(4)29(8)31(10)30(9)26(5)20-17-22-37(13)14/h15,17,20,24-35H,1,16,18-19,21-23,36H2,2-14H3/b20-17+. The predicted molar refractivity (Wildman–Crippen MR) is 171 cm³/mol. The molecular formula is C35H70N2O. The first kappa shape index (κ1) is 37.4. The highest BCUT2D eigenvalue weighted by Gasteiger charge is 2.32. The normalized spacial score (nSPS) is 21.5. The number of ether oxygens (including phenoxy) is 1. The molecule has 0 aliphatic heterocycles. The summed E-state index contributed by atoms with van der Waals surface area (Å²) in [5.41, 5.74) is 6.99. The fourth-order valence-corrected chi connectivity index (χ4v) is 5.72. The minimum absolute atomic E-state index is 0.149. The van der Waals surface area contributed by atoms with Gasteiger partial charge in [0.05, 0.1) is 6.10 Å². The SMILES string of the molecule is C=CCC(C)C(CCCC(C)C(C)C(C)C(C)C(C)/C=C/CN(C)C)C(N)C(C)C(C)OCC(C)C(C)C. The van der Waals surface area contributed by atoms with E-state index in [0.717, 1.165) is 19.6 Å². The molecule has 0 aliphatic rings. The summed E-state index contributed by atoms with van der Waals surface area (Å²) >= 11 is 0. The fraction of sp³-hybridized carbons (Fsp3) is 0.886. The van der Waals surface area contributed by atoms with E-state index in [1.54, 1.807) is 0 Å². The molecule has 2 N–H and O–H groups in total. The predicted octanol–water partition coefficient (Wildman–Crippen LogP) is 8.94. The molecule has 3 nitrogen and oxygen atoms in total. The van der Waals surface area contributed by atoms with Gasteiger partial charge in [-0.05, 0) is 93.0 Å². The van der Waals surface area contributed by atoms with Crippen LogP contribution in [0.1, 0.15) is 102 Å². The molecule has 0 rings (SSSR count). The number of allylic oxidation sites excluding steroid dienone is 2. The highest BCUT2D eigenvalue weighted by atomic mass is 16.5. The van der Waals surface area contributed by atoms with Gasteiger partial charge in [0, 0.05) is 19.2 Å². The smallest absolute Gasteiger partial charge is 0.0587 e. The average molecular weight is 535 g/mol. The maximum atomic E-state index is 6.99. The van der Waals surface area contributed by atoms with Crippen molar-refractivity contribution in [3.05, 3.63) is 24.8 Å². The van der Waals surface area contributed by atoms with Crippen molar-refractivity contribution in [3.63, 3.8) is 0 Å². The lowest BCUT2D eigenvalue weighted by molar-refractivity contribution is -0.0104. The van der Waals surface area contributed by atoms with Crippen molar-refractivity contribution in [2.24, 2.45) is 64.9 Å². The average Bonchev–Trinajstić information content (AvgIpc) is 2.86. The van der Waals surface area contributed by atoms with Crippen molar-refractivity contribution in [2.75, 3.05) is 27.2 Å². The molecule has 38 heavy (non-hydrogen) atoms. The minimum Gasteiger partial charge on any atom is -0.378 e. The molecule has 0 amide bonds. The van der Waals surface area contributed by atoms with Gasteiger partial charge in [0.2, 0.25) is 0 Å². The van der Waals surface area contributed by atoms with Crippen molar-refractivity contribution in [1.82, 2.24) is 4.90 Å². The van der Waals surface area contributed by atoms with Gasteiger partial charge in [0.25, 0.3) is 0 Å². The molecule has 0 saturated carbocycles. The van der Waals surface area contributed by atoms with Crippen LogP contribution < -0.4 is 5.73 Å². The van der Waals surface area contributed by atoms with E-state index < -0.39 is 0 Å². The van der Waals surface area contributed by atoms with Gasteiger partial charge in [0.1, 0.15) is 0 Å². The summed E-state index contributed by atoms with van der Waals surface area (Å²) in [4.78, 5) is 2.22. The quantitative estimate of drug-likeness (QED) is 0.149. The van der Waals surface area contributed by atoms with Gasteiger partial charge in [-0.1, -0.05) is 100 Å². The van der Waals surface area contributed by atoms with Crippen LogP contribution in [0.4, 0.5) is 0 Å². The molecule has 11 atom stereocenters. The van der Waals surface area contributed by atoms with Crippen LogP contribution >= 0.6 is 0 Å². The van der Waals surface area contributed by atoms with Gasteiger partial charge >= 0.3 is 0 Å². The molecule has 0 radical (unpaired) electrons. The maximum absolute atomic E-state index is 6.99. The Bertz CT molecular complexity index is 629. The van der Waals surface area contributed by atoms with E-state index in [1.165, 1.54) is 19.3 Å². The topological polar surface area (TPSA) is 38.5 Å². The first-order valence-electron chi connectivity index (χ1n) is 15.9. The number of nitrogens with two attached hydrogens (primary N) is 1. The maximum Gasteiger partial charge on any atom is 0.0587 e. The van der Waals surface area contributed by atoms with Crippen LogP contribution in [0, 0.1) is 59.2 Å². The Balaban J connectivity index is 5.06. The second kappa shape index (κ2) is 19.4. The van der Waals surface area contributed by atoms with E-state index in [2.05, 4.69) is 120 Å². The minimum atomic E-state index is 0.149. The van der Waals surface area contributed by atoms with Gasteiger partial charge in [0.15, 0.2) is 0 Å². The van der Waals surface area contributed by atoms with Crippen molar-refractivity contribution >= 4 is 0 Å². The van der Waals surface area contributed by atoms with Gasteiger partial charge in [-0.15, -0.1) is 6.58 Å². The third-order valence-electron chi connectivity index (χ3n) is 10.4. The molecule has 0 aliphatic carbocycles.